The highest BCUT2D eigenvalue weighted by Crippen LogP contribution is 2.20. The largest absolute Gasteiger partial charge is 0.469 e. The Labute approximate surface area is 145 Å². The molecule has 1 aromatic carbocycles. The van der Waals surface area contributed by atoms with Crippen molar-refractivity contribution in [1.29, 1.82) is 0 Å². The number of amides is 2. The zero-order valence-electron chi connectivity index (χ0n) is 13.6. The number of methoxy groups -OCH3 is 1. The average Bonchev–Trinajstić information content (AvgIpc) is 2.55. The molecule has 2 amide bonds. The second-order valence-electron chi connectivity index (χ2n) is 4.85. The van der Waals surface area contributed by atoms with Crippen LogP contribution in [0.5, 0.6) is 0 Å². The van der Waals surface area contributed by atoms with E-state index in [-0.39, 0.29) is 31.9 Å². The number of carbonyl (C=O) groups is 3. The highest BCUT2D eigenvalue weighted by atomic mass is 35.5. The summed E-state index contributed by atoms with van der Waals surface area (Å²) in [6.45, 7) is 2.09. The first-order chi connectivity index (χ1) is 11.5. The molecule has 0 saturated heterocycles. The van der Waals surface area contributed by atoms with Crippen LogP contribution in [-0.2, 0) is 19.1 Å². The van der Waals surface area contributed by atoms with Crippen LogP contribution in [0, 0.1) is 0 Å². The third-order valence-corrected chi connectivity index (χ3v) is 3.35. The topological polar surface area (TPSA) is 93.7 Å². The third-order valence-electron chi connectivity index (χ3n) is 3.10. The van der Waals surface area contributed by atoms with E-state index < -0.39 is 18.1 Å². The molecule has 0 heterocycles. The van der Waals surface area contributed by atoms with Gasteiger partial charge in [-0.25, -0.2) is 4.79 Å². The molecule has 1 rings (SSSR count). The highest BCUT2D eigenvalue weighted by molar-refractivity contribution is 6.30. The minimum Gasteiger partial charge on any atom is -0.469 e. The number of hydrogen-bond acceptors (Lipinski definition) is 5. The molecule has 132 valence electrons. The van der Waals surface area contributed by atoms with Gasteiger partial charge in [-0.15, -0.1) is 0 Å². The fraction of sp³-hybridized carbons (Fsp3) is 0.438. The van der Waals surface area contributed by atoms with Crippen LogP contribution in [0.1, 0.15) is 31.4 Å². The number of carbonyl (C=O) groups excluding carboxylic acids is 3. The van der Waals surface area contributed by atoms with Gasteiger partial charge in [0.05, 0.1) is 26.2 Å². The van der Waals surface area contributed by atoms with Crippen LogP contribution in [0.3, 0.4) is 0 Å². The zero-order valence-corrected chi connectivity index (χ0v) is 14.4. The summed E-state index contributed by atoms with van der Waals surface area (Å²) in [5.74, 6) is -0.754. The van der Waals surface area contributed by atoms with Crippen LogP contribution >= 0.6 is 11.6 Å². The predicted molar refractivity (Wildman–Crippen MR) is 88.6 cm³/mol. The van der Waals surface area contributed by atoms with Crippen molar-refractivity contribution in [3.8, 4) is 0 Å². The average molecular weight is 357 g/mol. The van der Waals surface area contributed by atoms with Gasteiger partial charge in [-0.3, -0.25) is 9.59 Å². The summed E-state index contributed by atoms with van der Waals surface area (Å²) >= 11 is 5.85. The number of esters is 1. The van der Waals surface area contributed by atoms with Gasteiger partial charge in [-0.1, -0.05) is 23.7 Å². The second kappa shape index (κ2) is 10.5. The first-order valence-corrected chi connectivity index (χ1v) is 7.86. The molecule has 24 heavy (non-hydrogen) atoms. The maximum absolute atomic E-state index is 12.0. The summed E-state index contributed by atoms with van der Waals surface area (Å²) < 4.78 is 9.35. The Hall–Kier alpha value is -2.28. The number of ether oxygens (including phenoxy) is 2. The number of rotatable bonds is 8. The molecule has 0 aliphatic rings. The van der Waals surface area contributed by atoms with E-state index >= 15 is 0 Å². The predicted octanol–water partition coefficient (Wildman–Crippen LogP) is 2.20. The van der Waals surface area contributed by atoms with Gasteiger partial charge in [0.1, 0.15) is 0 Å². The SMILES string of the molecule is CCOC(=O)NCCC(=O)NC(CC(=O)OC)c1ccc(Cl)cc1. The molecular weight excluding hydrogens is 336 g/mol. The van der Waals surface area contributed by atoms with Crippen molar-refractivity contribution in [3.05, 3.63) is 34.9 Å². The normalized spacial score (nSPS) is 11.3. The van der Waals surface area contributed by atoms with Crippen LogP contribution < -0.4 is 10.6 Å². The maximum atomic E-state index is 12.0. The van der Waals surface area contributed by atoms with E-state index in [1.165, 1.54) is 7.11 Å². The van der Waals surface area contributed by atoms with E-state index in [2.05, 4.69) is 15.4 Å². The highest BCUT2D eigenvalue weighted by Gasteiger charge is 2.19. The molecule has 1 unspecified atom stereocenters. The van der Waals surface area contributed by atoms with Crippen LogP contribution in [0.4, 0.5) is 4.79 Å². The lowest BCUT2D eigenvalue weighted by molar-refractivity contribution is -0.141. The van der Waals surface area contributed by atoms with Crippen molar-refractivity contribution in [2.75, 3.05) is 20.3 Å². The van der Waals surface area contributed by atoms with Gasteiger partial charge in [0.25, 0.3) is 0 Å². The van der Waals surface area contributed by atoms with Gasteiger partial charge in [0.15, 0.2) is 0 Å². The zero-order chi connectivity index (χ0) is 17.9. The summed E-state index contributed by atoms with van der Waals surface area (Å²) in [5, 5.41) is 5.76. The van der Waals surface area contributed by atoms with E-state index in [4.69, 9.17) is 16.3 Å². The lowest BCUT2D eigenvalue weighted by atomic mass is 10.0. The van der Waals surface area contributed by atoms with Crippen LogP contribution in [0.15, 0.2) is 24.3 Å². The number of benzene rings is 1. The van der Waals surface area contributed by atoms with E-state index in [0.29, 0.717) is 5.02 Å². The molecule has 0 spiro atoms. The smallest absolute Gasteiger partial charge is 0.407 e. The Morgan fingerprint density at radius 1 is 1.21 bits per heavy atom. The lowest BCUT2D eigenvalue weighted by Crippen LogP contribution is -2.34. The number of nitrogens with one attached hydrogen (secondary N) is 2. The molecule has 0 fully saturated rings. The molecule has 8 heteroatoms. The summed E-state index contributed by atoms with van der Waals surface area (Å²) in [7, 11) is 1.28. The maximum Gasteiger partial charge on any atom is 0.407 e. The molecule has 1 aromatic rings. The van der Waals surface area contributed by atoms with Crippen molar-refractivity contribution in [2.45, 2.75) is 25.8 Å². The summed E-state index contributed by atoms with van der Waals surface area (Å²) in [5.41, 5.74) is 0.733. The molecule has 0 aromatic heterocycles. The minimum atomic E-state index is -0.575. The van der Waals surface area contributed by atoms with Crippen molar-refractivity contribution >= 4 is 29.6 Å². The monoisotopic (exact) mass is 356 g/mol. The van der Waals surface area contributed by atoms with E-state index in [0.717, 1.165) is 5.56 Å². The standard InChI is InChI=1S/C16H21ClN2O5/c1-3-24-16(22)18-9-8-14(20)19-13(10-15(21)23-2)11-4-6-12(17)7-5-11/h4-7,13H,3,8-10H2,1-2H3,(H,18,22)(H,19,20). The third kappa shape index (κ3) is 7.32. The lowest BCUT2D eigenvalue weighted by Gasteiger charge is -2.18. The van der Waals surface area contributed by atoms with Gasteiger partial charge in [0.2, 0.25) is 5.91 Å². The van der Waals surface area contributed by atoms with Crippen LogP contribution in [-0.4, -0.2) is 38.2 Å². The molecule has 0 bridgehead atoms. The van der Waals surface area contributed by atoms with Crippen LogP contribution in [0.25, 0.3) is 0 Å². The Morgan fingerprint density at radius 3 is 2.46 bits per heavy atom. The Kier molecular flexibility index (Phi) is 8.64. The van der Waals surface area contributed by atoms with Gasteiger partial charge >= 0.3 is 12.1 Å². The van der Waals surface area contributed by atoms with Gasteiger partial charge in [0, 0.05) is 18.0 Å². The van der Waals surface area contributed by atoms with Crippen LogP contribution in [0.2, 0.25) is 5.02 Å². The number of halogens is 1. The van der Waals surface area contributed by atoms with Gasteiger partial charge in [-0.05, 0) is 24.6 Å². The van der Waals surface area contributed by atoms with Gasteiger partial charge in [-0.2, -0.15) is 0 Å². The number of hydrogen-bond donors (Lipinski definition) is 2. The minimum absolute atomic E-state index is 0.00478. The molecule has 7 nitrogen and oxygen atoms in total. The molecule has 0 saturated carbocycles. The summed E-state index contributed by atoms with van der Waals surface area (Å²) in [4.78, 5) is 34.7. The molecule has 2 N–H and O–H groups in total. The van der Waals surface area contributed by atoms with Gasteiger partial charge < -0.3 is 20.1 Å². The molecule has 0 aliphatic heterocycles. The summed E-state index contributed by atoms with van der Waals surface area (Å²) in [6.07, 6.45) is -0.520. The Bertz CT molecular complexity index is 562. The fourth-order valence-electron chi connectivity index (χ4n) is 1.92. The Balaban J connectivity index is 2.60. The quantitative estimate of drug-likeness (QED) is 0.696. The van der Waals surface area contributed by atoms with Crippen molar-refractivity contribution < 1.29 is 23.9 Å². The molecular formula is C16H21ClN2O5. The number of alkyl carbamates (subject to hydrolysis) is 1. The second-order valence-corrected chi connectivity index (χ2v) is 5.29. The molecule has 1 atom stereocenters. The van der Waals surface area contributed by atoms with E-state index in [9.17, 15) is 14.4 Å². The fourth-order valence-corrected chi connectivity index (χ4v) is 2.05. The molecule has 0 aliphatic carbocycles. The van der Waals surface area contributed by atoms with E-state index in [1.807, 2.05) is 0 Å². The van der Waals surface area contributed by atoms with E-state index in [1.54, 1.807) is 31.2 Å². The van der Waals surface area contributed by atoms with Crippen molar-refractivity contribution in [2.24, 2.45) is 0 Å². The summed E-state index contributed by atoms with van der Waals surface area (Å²) in [6, 6.07) is 6.27. The molecule has 0 radical (unpaired) electrons. The Morgan fingerprint density at radius 2 is 1.88 bits per heavy atom. The first-order valence-electron chi connectivity index (χ1n) is 7.48. The van der Waals surface area contributed by atoms with Crippen molar-refractivity contribution in [1.82, 2.24) is 10.6 Å². The first kappa shape index (κ1) is 19.8. The van der Waals surface area contributed by atoms with Crippen molar-refractivity contribution in [3.63, 3.8) is 0 Å².